The molecule has 0 radical (unpaired) electrons. The summed E-state index contributed by atoms with van der Waals surface area (Å²) < 4.78 is 29.0. The third-order valence-electron chi connectivity index (χ3n) is 3.61. The maximum atomic E-state index is 12.7. The molecule has 0 fully saturated rings. The van der Waals surface area contributed by atoms with Gasteiger partial charge >= 0.3 is 0 Å². The summed E-state index contributed by atoms with van der Waals surface area (Å²) in [5, 5.41) is -0.00765. The maximum Gasteiger partial charge on any atom is 0.258 e. The van der Waals surface area contributed by atoms with Crippen LogP contribution in [0.4, 0.5) is 0 Å². The predicted octanol–water partition coefficient (Wildman–Crippen LogP) is 3.50. The van der Waals surface area contributed by atoms with Crippen molar-refractivity contribution >= 4 is 26.0 Å². The molecule has 25 heavy (non-hydrogen) atoms. The molecule has 0 saturated carbocycles. The van der Waals surface area contributed by atoms with Gasteiger partial charge in [0.05, 0.1) is 11.7 Å². The number of aromatic nitrogens is 2. The first-order valence-corrected chi connectivity index (χ1v) is 9.91. The molecule has 2 heterocycles. The summed E-state index contributed by atoms with van der Waals surface area (Å²) in [6.07, 6.45) is 3.59. The number of benzene rings is 1. The molecule has 0 spiro atoms. The molecule has 1 aromatic carbocycles. The number of nitrogens with one attached hydrogen (secondary N) is 1. The lowest BCUT2D eigenvalue weighted by Crippen LogP contribution is -2.31. The Kier molecular flexibility index (Phi) is 5.57. The van der Waals surface area contributed by atoms with Gasteiger partial charge in [-0.3, -0.25) is 4.98 Å². The van der Waals surface area contributed by atoms with E-state index in [1.165, 1.54) is 12.3 Å². The van der Waals surface area contributed by atoms with E-state index < -0.39 is 16.1 Å². The molecule has 7 heteroatoms. The third-order valence-corrected chi connectivity index (χ3v) is 5.52. The second kappa shape index (κ2) is 7.86. The summed E-state index contributed by atoms with van der Waals surface area (Å²) in [7, 11) is -3.75. The van der Waals surface area contributed by atoms with E-state index in [2.05, 4.69) is 30.6 Å². The number of hydrogen-bond donors (Lipinski definition) is 1. The molecule has 1 unspecified atom stereocenters. The topological polar surface area (TPSA) is 72.0 Å². The summed E-state index contributed by atoms with van der Waals surface area (Å²) in [5.74, 6) is 0. The summed E-state index contributed by atoms with van der Waals surface area (Å²) in [4.78, 5) is 8.25. The average molecular weight is 418 g/mol. The van der Waals surface area contributed by atoms with Crippen LogP contribution in [0.15, 0.2) is 82.6 Å². The number of rotatable bonds is 6. The van der Waals surface area contributed by atoms with Crippen molar-refractivity contribution in [1.82, 2.24) is 14.7 Å². The molecule has 3 rings (SSSR count). The molecular weight excluding hydrogens is 402 g/mol. The van der Waals surface area contributed by atoms with E-state index in [1.54, 1.807) is 24.4 Å². The fourth-order valence-electron chi connectivity index (χ4n) is 2.40. The minimum absolute atomic E-state index is 0.00765. The molecule has 0 saturated heterocycles. The molecule has 128 valence electrons. The first-order valence-electron chi connectivity index (χ1n) is 7.63. The molecule has 1 N–H and O–H groups in total. The Bertz CT molecular complexity index is 918. The van der Waals surface area contributed by atoms with Gasteiger partial charge in [-0.2, -0.15) is 0 Å². The lowest BCUT2D eigenvalue weighted by Gasteiger charge is -2.18. The van der Waals surface area contributed by atoms with E-state index in [0.29, 0.717) is 12.1 Å². The van der Waals surface area contributed by atoms with Gasteiger partial charge in [0.1, 0.15) is 0 Å². The van der Waals surface area contributed by atoms with Crippen LogP contribution >= 0.6 is 15.9 Å². The van der Waals surface area contributed by atoms with Crippen molar-refractivity contribution in [1.29, 1.82) is 0 Å². The Labute approximate surface area is 155 Å². The largest absolute Gasteiger partial charge is 0.260 e. The fourth-order valence-corrected chi connectivity index (χ4v) is 3.82. The molecule has 5 nitrogen and oxygen atoms in total. The Morgan fingerprint density at radius 2 is 1.60 bits per heavy atom. The number of nitrogens with zero attached hydrogens (tertiary/aromatic N) is 2. The van der Waals surface area contributed by atoms with Gasteiger partial charge in [-0.25, -0.2) is 18.1 Å². The first-order chi connectivity index (χ1) is 12.0. The van der Waals surface area contributed by atoms with Crippen molar-refractivity contribution < 1.29 is 8.42 Å². The highest BCUT2D eigenvalue weighted by Gasteiger charge is 2.23. The Morgan fingerprint density at radius 3 is 2.20 bits per heavy atom. The second-order valence-corrected chi connectivity index (χ2v) is 8.00. The highest BCUT2D eigenvalue weighted by molar-refractivity contribution is 9.10. The van der Waals surface area contributed by atoms with Crippen molar-refractivity contribution in [3.63, 3.8) is 0 Å². The number of hydrogen-bond acceptors (Lipinski definition) is 4. The second-order valence-electron chi connectivity index (χ2n) is 5.43. The van der Waals surface area contributed by atoms with E-state index in [1.807, 2.05) is 36.4 Å². The molecule has 1 atom stereocenters. The summed E-state index contributed by atoms with van der Waals surface area (Å²) in [6.45, 7) is 0. The molecule has 0 aliphatic carbocycles. The van der Waals surface area contributed by atoms with Crippen molar-refractivity contribution in [2.75, 3.05) is 0 Å². The zero-order valence-electron chi connectivity index (χ0n) is 13.2. The number of sulfonamides is 1. The van der Waals surface area contributed by atoms with E-state index in [9.17, 15) is 8.42 Å². The van der Waals surface area contributed by atoms with E-state index >= 15 is 0 Å². The van der Waals surface area contributed by atoms with E-state index in [4.69, 9.17) is 0 Å². The van der Waals surface area contributed by atoms with E-state index in [0.717, 1.165) is 10.0 Å². The van der Waals surface area contributed by atoms with Gasteiger partial charge in [0.2, 0.25) is 0 Å². The highest BCUT2D eigenvalue weighted by Crippen LogP contribution is 2.21. The standard InChI is InChI=1S/C18H16BrN3O2S/c19-15-9-7-14(8-10-15)13-17(16-5-1-3-11-20-16)22-25(23,24)18-6-2-4-12-21-18/h1-12,17,22H,13H2. The molecule has 0 amide bonds. The van der Waals surface area contributed by atoms with Crippen LogP contribution in [0, 0.1) is 0 Å². The van der Waals surface area contributed by atoms with Crippen molar-refractivity contribution in [2.45, 2.75) is 17.5 Å². The summed E-state index contributed by atoms with van der Waals surface area (Å²) in [6, 6.07) is 17.5. The van der Waals surface area contributed by atoms with Crippen molar-refractivity contribution in [3.8, 4) is 0 Å². The van der Waals surface area contributed by atoms with Gasteiger partial charge < -0.3 is 0 Å². The van der Waals surface area contributed by atoms with Crippen LogP contribution in [-0.2, 0) is 16.4 Å². The van der Waals surface area contributed by atoms with Gasteiger partial charge in [-0.05, 0) is 48.4 Å². The van der Waals surface area contributed by atoms with E-state index in [-0.39, 0.29) is 5.03 Å². The van der Waals surface area contributed by atoms with Gasteiger partial charge in [0.15, 0.2) is 5.03 Å². The Hall–Kier alpha value is -2.09. The van der Waals surface area contributed by atoms with Crippen LogP contribution in [0.25, 0.3) is 0 Å². The van der Waals surface area contributed by atoms with Gasteiger partial charge in [-0.15, -0.1) is 0 Å². The highest BCUT2D eigenvalue weighted by atomic mass is 79.9. The van der Waals surface area contributed by atoms with Gasteiger partial charge in [-0.1, -0.05) is 40.2 Å². The van der Waals surface area contributed by atoms with Gasteiger partial charge in [0.25, 0.3) is 10.0 Å². The first kappa shape index (κ1) is 17.7. The molecule has 0 bridgehead atoms. The molecule has 3 aromatic rings. The van der Waals surface area contributed by atoms with Crippen molar-refractivity contribution in [3.05, 3.63) is 88.8 Å². The van der Waals surface area contributed by atoms with Crippen LogP contribution in [-0.4, -0.2) is 18.4 Å². The predicted molar refractivity (Wildman–Crippen MR) is 99.4 cm³/mol. The Morgan fingerprint density at radius 1 is 0.920 bits per heavy atom. The molecule has 0 aliphatic rings. The number of pyridine rings is 2. The molecule has 2 aromatic heterocycles. The van der Waals surface area contributed by atoms with Crippen LogP contribution in [0.5, 0.6) is 0 Å². The Balaban J connectivity index is 1.90. The van der Waals surface area contributed by atoms with Crippen LogP contribution in [0.1, 0.15) is 17.3 Å². The maximum absolute atomic E-state index is 12.7. The van der Waals surface area contributed by atoms with Gasteiger partial charge in [0, 0.05) is 16.9 Å². The third kappa shape index (κ3) is 4.72. The summed E-state index contributed by atoms with van der Waals surface area (Å²) >= 11 is 3.40. The lowest BCUT2D eigenvalue weighted by molar-refractivity contribution is 0.546. The average Bonchev–Trinajstić information content (AvgIpc) is 2.64. The van der Waals surface area contributed by atoms with Crippen LogP contribution in [0.3, 0.4) is 0 Å². The SMILES string of the molecule is O=S(=O)(NC(Cc1ccc(Br)cc1)c1ccccn1)c1ccccn1. The fraction of sp³-hybridized carbons (Fsp3) is 0.111. The smallest absolute Gasteiger partial charge is 0.258 e. The summed E-state index contributed by atoms with van der Waals surface area (Å²) in [5.41, 5.74) is 1.66. The lowest BCUT2D eigenvalue weighted by atomic mass is 10.0. The molecular formula is C18H16BrN3O2S. The normalized spacial score (nSPS) is 12.7. The minimum atomic E-state index is -3.75. The van der Waals surface area contributed by atoms with Crippen LogP contribution < -0.4 is 4.72 Å². The monoisotopic (exact) mass is 417 g/mol. The van der Waals surface area contributed by atoms with Crippen molar-refractivity contribution in [2.24, 2.45) is 0 Å². The molecule has 0 aliphatic heterocycles. The zero-order chi connectivity index (χ0) is 17.7. The zero-order valence-corrected chi connectivity index (χ0v) is 15.6. The number of halogens is 1. The van der Waals surface area contributed by atoms with Crippen LogP contribution in [0.2, 0.25) is 0 Å². The minimum Gasteiger partial charge on any atom is -0.260 e. The quantitative estimate of drug-likeness (QED) is 0.665.